The van der Waals surface area contributed by atoms with Gasteiger partial charge < -0.3 is 10.2 Å². The van der Waals surface area contributed by atoms with Crippen molar-refractivity contribution in [2.24, 2.45) is 5.92 Å². The van der Waals surface area contributed by atoms with Crippen molar-refractivity contribution in [3.63, 3.8) is 0 Å². The Bertz CT molecular complexity index is 652. The molecule has 1 aliphatic rings. The highest BCUT2D eigenvalue weighted by molar-refractivity contribution is 5.75. The summed E-state index contributed by atoms with van der Waals surface area (Å²) in [5.74, 6) is 0.246. The van der Waals surface area contributed by atoms with Gasteiger partial charge >= 0.3 is 6.18 Å². The first-order chi connectivity index (χ1) is 11.8. The van der Waals surface area contributed by atoms with Gasteiger partial charge in [0.15, 0.2) is 0 Å². The van der Waals surface area contributed by atoms with Crippen LogP contribution in [0, 0.1) is 17.2 Å². The third-order valence-electron chi connectivity index (χ3n) is 4.37. The fraction of sp³-hybridized carbons (Fsp3) is 0.556. The summed E-state index contributed by atoms with van der Waals surface area (Å²) < 4.78 is 38.4. The Kier molecular flexibility index (Phi) is 6.29. The van der Waals surface area contributed by atoms with Gasteiger partial charge in [0.25, 0.3) is 0 Å². The molecule has 0 spiro atoms. The number of alkyl halides is 3. The molecule has 0 radical (unpaired) electrons. The molecule has 1 saturated heterocycles. The van der Waals surface area contributed by atoms with E-state index >= 15 is 0 Å². The summed E-state index contributed by atoms with van der Waals surface area (Å²) in [5.41, 5.74) is -0.251. The van der Waals surface area contributed by atoms with Gasteiger partial charge in [-0.15, -0.1) is 0 Å². The maximum atomic E-state index is 12.8. The summed E-state index contributed by atoms with van der Waals surface area (Å²) in [6, 6.07) is 5.17. The number of benzene rings is 1. The standard InChI is InChI=1S/C18H22F3N3O/c1-2-4-17(25)23-11-13-5-3-8-24(12-13)16-7-6-15(18(19,20)21)9-14(16)10-22/h6-7,9,13H,2-5,8,11-12H2,1H3,(H,23,25). The van der Waals surface area contributed by atoms with Crippen LogP contribution in [0.15, 0.2) is 18.2 Å². The molecule has 136 valence electrons. The van der Waals surface area contributed by atoms with Crippen LogP contribution in [0.25, 0.3) is 0 Å². The molecule has 1 atom stereocenters. The van der Waals surface area contributed by atoms with Gasteiger partial charge in [-0.3, -0.25) is 4.79 Å². The average Bonchev–Trinajstić information content (AvgIpc) is 2.59. The van der Waals surface area contributed by atoms with Gasteiger partial charge in [0, 0.05) is 26.1 Å². The Balaban J connectivity index is 2.08. The number of nitriles is 1. The smallest absolute Gasteiger partial charge is 0.370 e. The second kappa shape index (κ2) is 8.24. The van der Waals surface area contributed by atoms with Gasteiger partial charge in [0.05, 0.1) is 16.8 Å². The lowest BCUT2D eigenvalue weighted by Gasteiger charge is -2.35. The third kappa shape index (κ3) is 5.12. The van der Waals surface area contributed by atoms with Crippen molar-refractivity contribution in [1.29, 1.82) is 5.26 Å². The lowest BCUT2D eigenvalue weighted by atomic mass is 9.96. The van der Waals surface area contributed by atoms with E-state index in [1.54, 1.807) is 0 Å². The number of hydrogen-bond donors (Lipinski definition) is 1. The molecule has 4 nitrogen and oxygen atoms in total. The second-order valence-electron chi connectivity index (χ2n) is 6.35. The fourth-order valence-corrected chi connectivity index (χ4v) is 3.10. The van der Waals surface area contributed by atoms with Crippen molar-refractivity contribution in [2.75, 3.05) is 24.5 Å². The number of amides is 1. The number of carbonyl (C=O) groups excluding carboxylic acids is 1. The average molecular weight is 353 g/mol. The predicted molar refractivity (Wildman–Crippen MR) is 89.0 cm³/mol. The predicted octanol–water partition coefficient (Wildman–Crippen LogP) is 3.71. The van der Waals surface area contributed by atoms with E-state index < -0.39 is 11.7 Å². The first-order valence-corrected chi connectivity index (χ1v) is 8.48. The summed E-state index contributed by atoms with van der Waals surface area (Å²) in [7, 11) is 0. The van der Waals surface area contributed by atoms with Crippen LogP contribution in [0.4, 0.5) is 18.9 Å². The van der Waals surface area contributed by atoms with Gasteiger partial charge in [-0.05, 0) is 43.4 Å². The van der Waals surface area contributed by atoms with E-state index in [4.69, 9.17) is 0 Å². The monoisotopic (exact) mass is 353 g/mol. The van der Waals surface area contributed by atoms with Gasteiger partial charge in [-0.2, -0.15) is 18.4 Å². The molecule has 0 aliphatic carbocycles. The van der Waals surface area contributed by atoms with Crippen LogP contribution in [-0.2, 0) is 11.0 Å². The number of piperidine rings is 1. The molecular weight excluding hydrogens is 331 g/mol. The molecule has 1 aromatic rings. The van der Waals surface area contributed by atoms with Crippen LogP contribution in [0.2, 0.25) is 0 Å². The Labute approximate surface area is 145 Å². The van der Waals surface area contributed by atoms with E-state index in [0.717, 1.165) is 31.4 Å². The zero-order valence-electron chi connectivity index (χ0n) is 14.2. The fourth-order valence-electron chi connectivity index (χ4n) is 3.10. The zero-order chi connectivity index (χ0) is 18.4. The number of carbonyl (C=O) groups is 1. The molecule has 25 heavy (non-hydrogen) atoms. The van der Waals surface area contributed by atoms with Gasteiger partial charge in [0.1, 0.15) is 6.07 Å². The van der Waals surface area contributed by atoms with E-state index in [1.165, 1.54) is 6.07 Å². The normalized spacial score (nSPS) is 17.9. The van der Waals surface area contributed by atoms with E-state index in [2.05, 4.69) is 5.32 Å². The van der Waals surface area contributed by atoms with Crippen molar-refractivity contribution in [2.45, 2.75) is 38.8 Å². The minimum absolute atomic E-state index is 0.0202. The molecule has 0 aromatic heterocycles. The van der Waals surface area contributed by atoms with Crippen molar-refractivity contribution in [3.8, 4) is 6.07 Å². The van der Waals surface area contributed by atoms with Crippen LogP contribution >= 0.6 is 0 Å². The van der Waals surface area contributed by atoms with E-state index in [9.17, 15) is 23.2 Å². The topological polar surface area (TPSA) is 56.1 Å². The SMILES string of the molecule is CCCC(=O)NCC1CCCN(c2ccc(C(F)(F)F)cc2C#N)C1. The maximum Gasteiger partial charge on any atom is 0.416 e. The summed E-state index contributed by atoms with van der Waals surface area (Å²) in [4.78, 5) is 13.5. The molecule has 2 rings (SSSR count). The minimum Gasteiger partial charge on any atom is -0.370 e. The largest absolute Gasteiger partial charge is 0.416 e. The highest BCUT2D eigenvalue weighted by Gasteiger charge is 2.32. The summed E-state index contributed by atoms with van der Waals surface area (Å²) in [6.45, 7) is 3.81. The molecule has 0 bridgehead atoms. The first kappa shape index (κ1) is 19.1. The molecular formula is C18H22F3N3O. The van der Waals surface area contributed by atoms with Crippen LogP contribution in [0.5, 0.6) is 0 Å². The van der Waals surface area contributed by atoms with Crippen molar-refractivity contribution in [3.05, 3.63) is 29.3 Å². The number of halogens is 3. The molecule has 1 heterocycles. The van der Waals surface area contributed by atoms with Crippen LogP contribution in [-0.4, -0.2) is 25.5 Å². The zero-order valence-corrected chi connectivity index (χ0v) is 14.2. The highest BCUT2D eigenvalue weighted by atomic mass is 19.4. The Morgan fingerprint density at radius 1 is 1.44 bits per heavy atom. The first-order valence-electron chi connectivity index (χ1n) is 8.48. The van der Waals surface area contributed by atoms with Crippen molar-refractivity contribution < 1.29 is 18.0 Å². The quantitative estimate of drug-likeness (QED) is 0.878. The lowest BCUT2D eigenvalue weighted by molar-refractivity contribution is -0.137. The summed E-state index contributed by atoms with van der Waals surface area (Å²) in [6.07, 6.45) is -1.35. The molecule has 7 heteroatoms. The minimum atomic E-state index is -4.46. The maximum absolute atomic E-state index is 12.8. The van der Waals surface area contributed by atoms with Crippen LogP contribution in [0.1, 0.15) is 43.7 Å². The number of nitrogens with one attached hydrogen (secondary N) is 1. The Morgan fingerprint density at radius 2 is 2.20 bits per heavy atom. The number of hydrogen-bond acceptors (Lipinski definition) is 3. The van der Waals surface area contributed by atoms with Crippen molar-refractivity contribution in [1.82, 2.24) is 5.32 Å². The van der Waals surface area contributed by atoms with Gasteiger partial charge in [0.2, 0.25) is 5.91 Å². The Morgan fingerprint density at radius 3 is 2.84 bits per heavy atom. The molecule has 1 aromatic carbocycles. The van der Waals surface area contributed by atoms with E-state index in [0.29, 0.717) is 31.7 Å². The third-order valence-corrected chi connectivity index (χ3v) is 4.37. The van der Waals surface area contributed by atoms with Crippen molar-refractivity contribution >= 4 is 11.6 Å². The van der Waals surface area contributed by atoms with E-state index in [-0.39, 0.29) is 17.4 Å². The number of anilines is 1. The molecule has 0 saturated carbocycles. The summed E-state index contributed by atoms with van der Waals surface area (Å²) in [5, 5.41) is 12.1. The lowest BCUT2D eigenvalue weighted by Crippen LogP contribution is -2.41. The molecule has 1 amide bonds. The highest BCUT2D eigenvalue weighted by Crippen LogP contribution is 2.33. The molecule has 1 unspecified atom stereocenters. The van der Waals surface area contributed by atoms with E-state index in [1.807, 2.05) is 17.9 Å². The summed E-state index contributed by atoms with van der Waals surface area (Å²) >= 11 is 0. The number of rotatable bonds is 5. The molecule has 1 aliphatic heterocycles. The van der Waals surface area contributed by atoms with Crippen LogP contribution in [0.3, 0.4) is 0 Å². The number of nitrogens with zero attached hydrogens (tertiary/aromatic N) is 2. The Hall–Kier alpha value is -2.23. The van der Waals surface area contributed by atoms with Crippen LogP contribution < -0.4 is 10.2 Å². The molecule has 1 N–H and O–H groups in total. The van der Waals surface area contributed by atoms with Gasteiger partial charge in [-0.25, -0.2) is 0 Å². The second-order valence-corrected chi connectivity index (χ2v) is 6.35. The molecule has 1 fully saturated rings. The van der Waals surface area contributed by atoms with Gasteiger partial charge in [-0.1, -0.05) is 6.92 Å².